The normalized spacial score (nSPS) is 10.5. The lowest BCUT2D eigenvalue weighted by molar-refractivity contribution is 0.251. The van der Waals surface area contributed by atoms with Gasteiger partial charge in [0, 0.05) is 24.2 Å². The number of benzene rings is 2. The van der Waals surface area contributed by atoms with Gasteiger partial charge in [-0.2, -0.15) is 4.98 Å². The number of rotatable bonds is 5. The number of nitrogens with zero attached hydrogens (tertiary/aromatic N) is 2. The number of hydrogen-bond acceptors (Lipinski definition) is 4. The van der Waals surface area contributed by atoms with Gasteiger partial charge in [0.25, 0.3) is 0 Å². The molecule has 0 spiro atoms. The number of carbonyl (C=O) groups is 1. The lowest BCUT2D eigenvalue weighted by Gasteiger charge is -2.08. The number of urea groups is 1. The number of carbonyl (C=O) groups excluding carboxylic acids is 1. The van der Waals surface area contributed by atoms with Gasteiger partial charge in [-0.05, 0) is 42.0 Å². The number of amides is 2. The maximum Gasteiger partial charge on any atom is 0.319 e. The first-order valence-corrected chi connectivity index (χ1v) is 7.86. The standard InChI is InChI=1S/C18H17FN4O2/c1-2-16-22-17(23-25-16)13-5-9-15(10-6-13)21-18(24)20-11-12-3-7-14(19)8-4-12/h3-10H,2,11H2,1H3,(H2,20,21,24). The van der Waals surface area contributed by atoms with Crippen molar-refractivity contribution in [2.24, 2.45) is 0 Å². The van der Waals surface area contributed by atoms with Crippen molar-refractivity contribution in [3.63, 3.8) is 0 Å². The molecule has 0 unspecified atom stereocenters. The molecule has 0 bridgehead atoms. The monoisotopic (exact) mass is 340 g/mol. The number of halogens is 1. The van der Waals surface area contributed by atoms with E-state index in [0.717, 1.165) is 11.1 Å². The Balaban J connectivity index is 1.55. The zero-order valence-corrected chi connectivity index (χ0v) is 13.6. The minimum absolute atomic E-state index is 0.305. The number of hydrogen-bond donors (Lipinski definition) is 2. The Morgan fingerprint density at radius 2 is 1.84 bits per heavy atom. The quantitative estimate of drug-likeness (QED) is 0.741. The summed E-state index contributed by atoms with van der Waals surface area (Å²) in [6, 6.07) is 12.7. The van der Waals surface area contributed by atoms with E-state index < -0.39 is 0 Å². The van der Waals surface area contributed by atoms with Crippen LogP contribution in [0.1, 0.15) is 18.4 Å². The summed E-state index contributed by atoms with van der Waals surface area (Å²) in [5.74, 6) is 0.794. The minimum Gasteiger partial charge on any atom is -0.339 e. The van der Waals surface area contributed by atoms with Crippen molar-refractivity contribution >= 4 is 11.7 Å². The van der Waals surface area contributed by atoms with Crippen LogP contribution in [-0.4, -0.2) is 16.2 Å². The largest absolute Gasteiger partial charge is 0.339 e. The molecule has 0 saturated heterocycles. The first kappa shape index (κ1) is 16.6. The lowest BCUT2D eigenvalue weighted by atomic mass is 10.2. The molecule has 25 heavy (non-hydrogen) atoms. The summed E-state index contributed by atoms with van der Waals surface area (Å²) in [6.45, 7) is 2.25. The first-order chi connectivity index (χ1) is 12.1. The topological polar surface area (TPSA) is 80.0 Å². The molecule has 0 aliphatic carbocycles. The van der Waals surface area contributed by atoms with Crippen LogP contribution in [0, 0.1) is 5.82 Å². The molecule has 2 N–H and O–H groups in total. The van der Waals surface area contributed by atoms with E-state index in [1.165, 1.54) is 12.1 Å². The van der Waals surface area contributed by atoms with E-state index in [4.69, 9.17) is 4.52 Å². The molecular formula is C18H17FN4O2. The third-order valence-electron chi connectivity index (χ3n) is 3.54. The summed E-state index contributed by atoms with van der Waals surface area (Å²) < 4.78 is 17.9. The fraction of sp³-hybridized carbons (Fsp3) is 0.167. The van der Waals surface area contributed by atoms with Crippen LogP contribution < -0.4 is 10.6 Å². The van der Waals surface area contributed by atoms with Gasteiger partial charge in [0.1, 0.15) is 5.82 Å². The van der Waals surface area contributed by atoms with Crippen molar-refractivity contribution in [3.8, 4) is 11.4 Å². The maximum absolute atomic E-state index is 12.8. The highest BCUT2D eigenvalue weighted by atomic mass is 19.1. The second-order valence-electron chi connectivity index (χ2n) is 5.38. The Kier molecular flexibility index (Phi) is 5.03. The summed E-state index contributed by atoms with van der Waals surface area (Å²) in [4.78, 5) is 16.2. The molecule has 3 rings (SSSR count). The van der Waals surface area contributed by atoms with E-state index in [0.29, 0.717) is 30.4 Å². The lowest BCUT2D eigenvalue weighted by Crippen LogP contribution is -2.28. The Labute approximate surface area is 144 Å². The van der Waals surface area contributed by atoms with Crippen molar-refractivity contribution in [2.45, 2.75) is 19.9 Å². The molecule has 6 nitrogen and oxygen atoms in total. The van der Waals surface area contributed by atoms with E-state index in [2.05, 4.69) is 20.8 Å². The molecule has 0 aliphatic heterocycles. The van der Waals surface area contributed by atoms with Crippen LogP contribution in [0.15, 0.2) is 53.1 Å². The molecule has 128 valence electrons. The van der Waals surface area contributed by atoms with Crippen molar-refractivity contribution in [2.75, 3.05) is 5.32 Å². The Hall–Kier alpha value is -3.22. The van der Waals surface area contributed by atoms with Gasteiger partial charge < -0.3 is 15.2 Å². The SMILES string of the molecule is CCc1nc(-c2ccc(NC(=O)NCc3ccc(F)cc3)cc2)no1. The van der Waals surface area contributed by atoms with Crippen molar-refractivity contribution in [1.82, 2.24) is 15.5 Å². The molecule has 1 aromatic heterocycles. The van der Waals surface area contributed by atoms with Crippen LogP contribution in [0.5, 0.6) is 0 Å². The van der Waals surface area contributed by atoms with E-state index in [1.807, 2.05) is 6.92 Å². The van der Waals surface area contributed by atoms with Crippen LogP contribution in [0.2, 0.25) is 0 Å². The van der Waals surface area contributed by atoms with Gasteiger partial charge in [-0.15, -0.1) is 0 Å². The first-order valence-electron chi connectivity index (χ1n) is 7.86. The zero-order valence-electron chi connectivity index (χ0n) is 13.6. The van der Waals surface area contributed by atoms with Crippen LogP contribution in [0.4, 0.5) is 14.9 Å². The molecule has 0 atom stereocenters. The van der Waals surface area contributed by atoms with Crippen LogP contribution >= 0.6 is 0 Å². The van der Waals surface area contributed by atoms with Crippen molar-refractivity contribution < 1.29 is 13.7 Å². The Bertz CT molecular complexity index is 844. The molecule has 0 radical (unpaired) electrons. The maximum atomic E-state index is 12.8. The fourth-order valence-corrected chi connectivity index (χ4v) is 2.18. The predicted octanol–water partition coefficient (Wildman–Crippen LogP) is 3.76. The van der Waals surface area contributed by atoms with E-state index in [9.17, 15) is 9.18 Å². The van der Waals surface area contributed by atoms with Gasteiger partial charge in [-0.1, -0.05) is 24.2 Å². The molecule has 2 aromatic carbocycles. The third kappa shape index (κ3) is 4.41. The number of anilines is 1. The molecule has 7 heteroatoms. The minimum atomic E-state index is -0.343. The Morgan fingerprint density at radius 3 is 2.48 bits per heavy atom. The summed E-state index contributed by atoms with van der Waals surface area (Å²) in [5, 5.41) is 9.35. The van der Waals surface area contributed by atoms with Crippen LogP contribution in [-0.2, 0) is 13.0 Å². The number of nitrogens with one attached hydrogen (secondary N) is 2. The Morgan fingerprint density at radius 1 is 1.12 bits per heavy atom. The number of aromatic nitrogens is 2. The van der Waals surface area contributed by atoms with Gasteiger partial charge in [0.05, 0.1) is 0 Å². The average molecular weight is 340 g/mol. The zero-order chi connectivity index (χ0) is 17.6. The fourth-order valence-electron chi connectivity index (χ4n) is 2.18. The highest BCUT2D eigenvalue weighted by Gasteiger charge is 2.08. The summed E-state index contributed by atoms with van der Waals surface area (Å²) in [6.07, 6.45) is 0.681. The van der Waals surface area contributed by atoms with Gasteiger partial charge in [-0.25, -0.2) is 9.18 Å². The van der Waals surface area contributed by atoms with E-state index >= 15 is 0 Å². The second-order valence-corrected chi connectivity index (χ2v) is 5.38. The summed E-state index contributed by atoms with van der Waals surface area (Å²) >= 11 is 0. The summed E-state index contributed by atoms with van der Waals surface area (Å²) in [5.41, 5.74) is 2.26. The van der Waals surface area contributed by atoms with Gasteiger partial charge >= 0.3 is 6.03 Å². The van der Waals surface area contributed by atoms with Gasteiger partial charge in [0.2, 0.25) is 11.7 Å². The van der Waals surface area contributed by atoms with E-state index in [-0.39, 0.29) is 11.8 Å². The van der Waals surface area contributed by atoms with Crippen molar-refractivity contribution in [1.29, 1.82) is 0 Å². The van der Waals surface area contributed by atoms with E-state index in [1.54, 1.807) is 36.4 Å². The predicted molar refractivity (Wildman–Crippen MR) is 91.4 cm³/mol. The van der Waals surface area contributed by atoms with Gasteiger partial charge in [-0.3, -0.25) is 0 Å². The molecule has 3 aromatic rings. The highest BCUT2D eigenvalue weighted by Crippen LogP contribution is 2.18. The molecule has 1 heterocycles. The molecule has 0 aliphatic rings. The molecule has 0 saturated carbocycles. The second kappa shape index (κ2) is 7.57. The smallest absolute Gasteiger partial charge is 0.319 e. The number of aryl methyl sites for hydroxylation is 1. The van der Waals surface area contributed by atoms with Crippen LogP contribution in [0.3, 0.4) is 0 Å². The molecule has 0 fully saturated rings. The van der Waals surface area contributed by atoms with Crippen molar-refractivity contribution in [3.05, 3.63) is 65.8 Å². The average Bonchev–Trinajstić information content (AvgIpc) is 3.11. The highest BCUT2D eigenvalue weighted by molar-refractivity contribution is 5.89. The van der Waals surface area contributed by atoms with Gasteiger partial charge in [0.15, 0.2) is 0 Å². The molecule has 2 amide bonds. The third-order valence-corrected chi connectivity index (χ3v) is 3.54. The summed E-state index contributed by atoms with van der Waals surface area (Å²) in [7, 11) is 0. The van der Waals surface area contributed by atoms with Crippen LogP contribution in [0.25, 0.3) is 11.4 Å². The molecular weight excluding hydrogens is 323 g/mol.